The second-order valence-electron chi connectivity index (χ2n) is 5.11. The van der Waals surface area contributed by atoms with Crippen molar-refractivity contribution in [3.05, 3.63) is 54.0 Å². The van der Waals surface area contributed by atoms with Crippen LogP contribution in [0.1, 0.15) is 11.3 Å². The summed E-state index contributed by atoms with van der Waals surface area (Å²) in [6.07, 6.45) is 4.04. The van der Waals surface area contributed by atoms with Gasteiger partial charge in [0.1, 0.15) is 17.1 Å². The van der Waals surface area contributed by atoms with Gasteiger partial charge < -0.3 is 19.2 Å². The van der Waals surface area contributed by atoms with E-state index in [1.165, 1.54) is 0 Å². The maximum absolute atomic E-state index is 5.27. The summed E-state index contributed by atoms with van der Waals surface area (Å²) in [5.41, 5.74) is 4.07. The van der Waals surface area contributed by atoms with Gasteiger partial charge in [0.2, 0.25) is 0 Å². The highest BCUT2D eigenvalue weighted by Gasteiger charge is 2.05. The molecule has 0 atom stereocenters. The van der Waals surface area contributed by atoms with Crippen LogP contribution in [0.15, 0.2) is 42.7 Å². The standard InChI is InChI=1S/C17H19N3O2/c1-12-5-4-6-20-11-14(19-17(12)20)10-18-13-7-15(21-2)9-16(8-13)22-3/h4-9,11,18H,10H2,1-3H3. The number of pyridine rings is 1. The SMILES string of the molecule is COc1cc(NCc2cn3cccc(C)c3n2)cc(OC)c1. The van der Waals surface area contributed by atoms with Crippen LogP contribution in [0.5, 0.6) is 11.5 Å². The molecule has 0 amide bonds. The maximum atomic E-state index is 5.27. The van der Waals surface area contributed by atoms with E-state index in [1.54, 1.807) is 14.2 Å². The van der Waals surface area contributed by atoms with Gasteiger partial charge in [-0.1, -0.05) is 6.07 Å². The van der Waals surface area contributed by atoms with Crippen molar-refractivity contribution in [1.82, 2.24) is 9.38 Å². The molecule has 0 saturated carbocycles. The van der Waals surface area contributed by atoms with Gasteiger partial charge in [0.05, 0.1) is 26.5 Å². The third kappa shape index (κ3) is 2.83. The molecule has 22 heavy (non-hydrogen) atoms. The molecule has 0 aliphatic carbocycles. The molecule has 2 aromatic heterocycles. The molecule has 5 heteroatoms. The van der Waals surface area contributed by atoms with Crippen LogP contribution in [-0.4, -0.2) is 23.6 Å². The zero-order valence-electron chi connectivity index (χ0n) is 13.0. The molecule has 5 nitrogen and oxygen atoms in total. The molecule has 0 aliphatic rings. The number of imidazole rings is 1. The van der Waals surface area contributed by atoms with Gasteiger partial charge in [0.25, 0.3) is 0 Å². The summed E-state index contributed by atoms with van der Waals surface area (Å²) < 4.78 is 12.6. The van der Waals surface area contributed by atoms with Crippen molar-refractivity contribution >= 4 is 11.3 Å². The number of aromatic nitrogens is 2. The fourth-order valence-electron chi connectivity index (χ4n) is 2.39. The Labute approximate surface area is 129 Å². The molecule has 0 bridgehead atoms. The lowest BCUT2D eigenvalue weighted by atomic mass is 10.2. The molecule has 2 heterocycles. The highest BCUT2D eigenvalue weighted by molar-refractivity contribution is 5.54. The molecule has 0 radical (unpaired) electrons. The lowest BCUT2D eigenvalue weighted by Crippen LogP contribution is -2.00. The summed E-state index contributed by atoms with van der Waals surface area (Å²) in [5, 5.41) is 3.35. The van der Waals surface area contributed by atoms with Gasteiger partial charge in [0, 0.05) is 36.3 Å². The van der Waals surface area contributed by atoms with E-state index in [-0.39, 0.29) is 0 Å². The predicted molar refractivity (Wildman–Crippen MR) is 86.8 cm³/mol. The summed E-state index contributed by atoms with van der Waals surface area (Å²) in [4.78, 5) is 4.65. The Morgan fingerprint density at radius 2 is 1.86 bits per heavy atom. The fourth-order valence-corrected chi connectivity index (χ4v) is 2.39. The van der Waals surface area contributed by atoms with Crippen molar-refractivity contribution in [3.8, 4) is 11.5 Å². The van der Waals surface area contributed by atoms with Crippen LogP contribution in [0.2, 0.25) is 0 Å². The Hall–Kier alpha value is -2.69. The highest BCUT2D eigenvalue weighted by Crippen LogP contribution is 2.26. The Balaban J connectivity index is 1.80. The number of fused-ring (bicyclic) bond motifs is 1. The lowest BCUT2D eigenvalue weighted by molar-refractivity contribution is 0.394. The van der Waals surface area contributed by atoms with Crippen LogP contribution in [0.3, 0.4) is 0 Å². The van der Waals surface area contributed by atoms with Gasteiger partial charge >= 0.3 is 0 Å². The first-order valence-electron chi connectivity index (χ1n) is 7.10. The third-order valence-corrected chi connectivity index (χ3v) is 3.55. The summed E-state index contributed by atoms with van der Waals surface area (Å²) in [6.45, 7) is 2.70. The molecule has 0 spiro atoms. The topological polar surface area (TPSA) is 47.8 Å². The molecule has 0 saturated heterocycles. The first-order valence-corrected chi connectivity index (χ1v) is 7.10. The largest absolute Gasteiger partial charge is 0.497 e. The number of nitrogens with one attached hydrogen (secondary N) is 1. The zero-order chi connectivity index (χ0) is 15.5. The number of anilines is 1. The van der Waals surface area contributed by atoms with Gasteiger partial charge in [-0.25, -0.2) is 4.98 Å². The normalized spacial score (nSPS) is 10.7. The molecule has 0 unspecified atom stereocenters. The van der Waals surface area contributed by atoms with E-state index in [0.717, 1.165) is 34.1 Å². The lowest BCUT2D eigenvalue weighted by Gasteiger charge is -2.09. The number of methoxy groups -OCH3 is 2. The zero-order valence-corrected chi connectivity index (χ0v) is 13.0. The molecular weight excluding hydrogens is 278 g/mol. The number of nitrogens with zero attached hydrogens (tertiary/aromatic N) is 2. The van der Waals surface area contributed by atoms with Crippen LogP contribution < -0.4 is 14.8 Å². The van der Waals surface area contributed by atoms with E-state index < -0.39 is 0 Å². The van der Waals surface area contributed by atoms with Crippen molar-refractivity contribution in [2.75, 3.05) is 19.5 Å². The Morgan fingerprint density at radius 1 is 1.14 bits per heavy atom. The van der Waals surface area contributed by atoms with Crippen molar-refractivity contribution < 1.29 is 9.47 Å². The van der Waals surface area contributed by atoms with Crippen LogP contribution in [-0.2, 0) is 6.54 Å². The molecule has 114 valence electrons. The average molecular weight is 297 g/mol. The van der Waals surface area contributed by atoms with Crippen LogP contribution in [0.25, 0.3) is 5.65 Å². The Morgan fingerprint density at radius 3 is 2.50 bits per heavy atom. The van der Waals surface area contributed by atoms with E-state index in [4.69, 9.17) is 9.47 Å². The number of aryl methyl sites for hydroxylation is 1. The van der Waals surface area contributed by atoms with Gasteiger partial charge in [0.15, 0.2) is 0 Å². The monoisotopic (exact) mass is 297 g/mol. The summed E-state index contributed by atoms with van der Waals surface area (Å²) in [7, 11) is 3.28. The van der Waals surface area contributed by atoms with Crippen molar-refractivity contribution in [2.24, 2.45) is 0 Å². The van der Waals surface area contributed by atoms with E-state index in [9.17, 15) is 0 Å². The maximum Gasteiger partial charge on any atom is 0.140 e. The van der Waals surface area contributed by atoms with Crippen LogP contribution in [0, 0.1) is 6.92 Å². The van der Waals surface area contributed by atoms with E-state index >= 15 is 0 Å². The molecule has 3 aromatic rings. The van der Waals surface area contributed by atoms with E-state index in [2.05, 4.69) is 23.3 Å². The summed E-state index contributed by atoms with van der Waals surface area (Å²) >= 11 is 0. The second-order valence-corrected chi connectivity index (χ2v) is 5.11. The third-order valence-electron chi connectivity index (χ3n) is 3.55. The smallest absolute Gasteiger partial charge is 0.140 e. The van der Waals surface area contributed by atoms with Crippen molar-refractivity contribution in [3.63, 3.8) is 0 Å². The fraction of sp³-hybridized carbons (Fsp3) is 0.235. The highest BCUT2D eigenvalue weighted by atomic mass is 16.5. The summed E-state index contributed by atoms with van der Waals surface area (Å²) in [6, 6.07) is 9.80. The second kappa shape index (κ2) is 5.97. The molecular formula is C17H19N3O2. The average Bonchev–Trinajstić information content (AvgIpc) is 2.97. The Kier molecular flexibility index (Phi) is 3.87. The molecule has 1 N–H and O–H groups in total. The first-order chi connectivity index (χ1) is 10.7. The van der Waals surface area contributed by atoms with E-state index in [0.29, 0.717) is 6.54 Å². The number of hydrogen-bond acceptors (Lipinski definition) is 4. The molecule has 1 aromatic carbocycles. The first kappa shape index (κ1) is 14.3. The predicted octanol–water partition coefficient (Wildman–Crippen LogP) is 3.27. The number of rotatable bonds is 5. The van der Waals surface area contributed by atoms with Crippen molar-refractivity contribution in [1.29, 1.82) is 0 Å². The van der Waals surface area contributed by atoms with Gasteiger partial charge in [-0.15, -0.1) is 0 Å². The number of hydrogen-bond donors (Lipinski definition) is 1. The minimum Gasteiger partial charge on any atom is -0.497 e. The molecule has 0 aliphatic heterocycles. The van der Waals surface area contributed by atoms with Gasteiger partial charge in [-0.3, -0.25) is 0 Å². The Bertz CT molecular complexity index is 773. The van der Waals surface area contributed by atoms with Gasteiger partial charge in [-0.2, -0.15) is 0 Å². The molecule has 0 fully saturated rings. The van der Waals surface area contributed by atoms with Crippen LogP contribution >= 0.6 is 0 Å². The van der Waals surface area contributed by atoms with Crippen molar-refractivity contribution in [2.45, 2.75) is 13.5 Å². The minimum absolute atomic E-state index is 0.636. The minimum atomic E-state index is 0.636. The van der Waals surface area contributed by atoms with Crippen LogP contribution in [0.4, 0.5) is 5.69 Å². The quantitative estimate of drug-likeness (QED) is 0.785. The van der Waals surface area contributed by atoms with E-state index in [1.807, 2.05) is 41.1 Å². The summed E-state index contributed by atoms with van der Waals surface area (Å²) in [5.74, 6) is 1.51. The number of ether oxygens (including phenoxy) is 2. The van der Waals surface area contributed by atoms with Gasteiger partial charge in [-0.05, 0) is 18.6 Å². The number of benzene rings is 1. The molecule has 3 rings (SSSR count).